The van der Waals surface area contributed by atoms with Crippen molar-refractivity contribution in [2.75, 3.05) is 12.9 Å². The maximum Gasteiger partial charge on any atom is 0.159 e. The van der Waals surface area contributed by atoms with Gasteiger partial charge in [0.25, 0.3) is 0 Å². The molecule has 1 rings (SSSR count). The summed E-state index contributed by atoms with van der Waals surface area (Å²) in [4.78, 5) is 11.4. The third-order valence-electron chi connectivity index (χ3n) is 2.78. The molecule has 0 unspecified atom stereocenters. The van der Waals surface area contributed by atoms with Crippen LogP contribution in [0.2, 0.25) is 0 Å². The highest BCUT2D eigenvalue weighted by molar-refractivity contribution is 7.98. The topological polar surface area (TPSA) is 26.3 Å². The molecular weight excluding hydrogens is 244 g/mol. The number of methoxy groups -OCH3 is 1. The number of ketones is 1. The molecule has 0 bridgehead atoms. The molecule has 0 atom stereocenters. The van der Waals surface area contributed by atoms with Crippen molar-refractivity contribution in [1.29, 1.82) is 0 Å². The van der Waals surface area contributed by atoms with E-state index in [2.05, 4.69) is 13.8 Å². The Morgan fingerprint density at radius 2 is 2.11 bits per heavy atom. The summed E-state index contributed by atoms with van der Waals surface area (Å²) in [6.45, 7) is 6.06. The van der Waals surface area contributed by atoms with Crippen molar-refractivity contribution in [3.05, 3.63) is 29.3 Å². The summed E-state index contributed by atoms with van der Waals surface area (Å²) in [5.74, 6) is 3.76. The number of carbonyl (C=O) groups excluding carboxylic acids is 1. The van der Waals surface area contributed by atoms with Gasteiger partial charge in [0.05, 0.1) is 7.11 Å². The van der Waals surface area contributed by atoms with E-state index in [9.17, 15) is 4.79 Å². The lowest BCUT2D eigenvalue weighted by atomic mass is 10.1. The molecule has 0 heterocycles. The third-order valence-corrected chi connectivity index (χ3v) is 3.82. The van der Waals surface area contributed by atoms with Crippen LogP contribution in [0.4, 0.5) is 0 Å². The normalized spacial score (nSPS) is 10.7. The van der Waals surface area contributed by atoms with Gasteiger partial charge in [-0.1, -0.05) is 13.8 Å². The van der Waals surface area contributed by atoms with Gasteiger partial charge in [-0.3, -0.25) is 4.79 Å². The zero-order valence-electron chi connectivity index (χ0n) is 11.7. The molecule has 0 saturated carbocycles. The van der Waals surface area contributed by atoms with E-state index in [1.165, 1.54) is 6.42 Å². The van der Waals surface area contributed by atoms with Gasteiger partial charge in [-0.15, -0.1) is 0 Å². The lowest BCUT2D eigenvalue weighted by Crippen LogP contribution is -1.97. The monoisotopic (exact) mass is 266 g/mol. The number of rotatable bonds is 7. The van der Waals surface area contributed by atoms with E-state index in [1.807, 2.05) is 30.0 Å². The van der Waals surface area contributed by atoms with E-state index in [0.717, 1.165) is 34.3 Å². The first-order chi connectivity index (χ1) is 8.54. The Morgan fingerprint density at radius 1 is 1.39 bits per heavy atom. The average molecular weight is 266 g/mol. The van der Waals surface area contributed by atoms with Gasteiger partial charge < -0.3 is 4.74 Å². The van der Waals surface area contributed by atoms with Gasteiger partial charge in [0.1, 0.15) is 5.75 Å². The Morgan fingerprint density at radius 3 is 2.67 bits per heavy atom. The highest BCUT2D eigenvalue weighted by Gasteiger charge is 2.07. The lowest BCUT2D eigenvalue weighted by Gasteiger charge is -2.10. The number of thioether (sulfide) groups is 1. The van der Waals surface area contributed by atoms with Crippen LogP contribution in [0, 0.1) is 5.92 Å². The molecule has 2 nitrogen and oxygen atoms in total. The smallest absolute Gasteiger partial charge is 0.159 e. The predicted octanol–water partition coefficient (Wildman–Crippen LogP) is 4.18. The van der Waals surface area contributed by atoms with Crippen LogP contribution in [0.15, 0.2) is 18.2 Å². The van der Waals surface area contributed by atoms with Crippen molar-refractivity contribution in [3.8, 4) is 5.75 Å². The van der Waals surface area contributed by atoms with Crippen molar-refractivity contribution >= 4 is 17.5 Å². The van der Waals surface area contributed by atoms with Crippen molar-refractivity contribution in [2.45, 2.75) is 32.9 Å². The lowest BCUT2D eigenvalue weighted by molar-refractivity contribution is 0.101. The van der Waals surface area contributed by atoms with Crippen LogP contribution < -0.4 is 4.74 Å². The number of Topliss-reactive ketones (excluding diaryl/α,β-unsaturated/α-hetero) is 1. The molecular formula is C15H22O2S. The van der Waals surface area contributed by atoms with Crippen LogP contribution in [-0.2, 0) is 5.75 Å². The second-order valence-corrected chi connectivity index (χ2v) is 5.92. The molecule has 18 heavy (non-hydrogen) atoms. The number of carbonyl (C=O) groups is 1. The molecule has 0 amide bonds. The van der Waals surface area contributed by atoms with E-state index < -0.39 is 0 Å². The first-order valence-corrected chi connectivity index (χ1v) is 7.45. The highest BCUT2D eigenvalue weighted by atomic mass is 32.2. The Hall–Kier alpha value is -0.960. The number of ether oxygens (including phenoxy) is 1. The largest absolute Gasteiger partial charge is 0.496 e. The molecule has 3 heteroatoms. The minimum Gasteiger partial charge on any atom is -0.496 e. The standard InChI is InChI=1S/C15H22O2S/c1-11(2)7-8-18-10-14-9-13(12(3)16)5-6-15(14)17-4/h5-6,9,11H,7-8,10H2,1-4H3. The summed E-state index contributed by atoms with van der Waals surface area (Å²) >= 11 is 1.89. The quantitative estimate of drug-likeness (QED) is 0.547. The van der Waals surface area contributed by atoms with Gasteiger partial charge in [-0.2, -0.15) is 11.8 Å². The SMILES string of the molecule is COc1ccc(C(C)=O)cc1CSCCC(C)C. The predicted molar refractivity (Wildman–Crippen MR) is 78.6 cm³/mol. The second kappa shape index (κ2) is 7.47. The maximum absolute atomic E-state index is 11.4. The molecule has 0 aliphatic carbocycles. The molecule has 0 fully saturated rings. The molecule has 1 aromatic rings. The van der Waals surface area contributed by atoms with Crippen LogP contribution in [0.1, 0.15) is 43.1 Å². The molecule has 0 saturated heterocycles. The van der Waals surface area contributed by atoms with Crippen molar-refractivity contribution in [1.82, 2.24) is 0 Å². The fourth-order valence-electron chi connectivity index (χ4n) is 1.61. The van der Waals surface area contributed by atoms with E-state index in [4.69, 9.17) is 4.74 Å². The maximum atomic E-state index is 11.4. The molecule has 0 aromatic heterocycles. The van der Waals surface area contributed by atoms with Gasteiger partial charge in [0.2, 0.25) is 0 Å². The van der Waals surface area contributed by atoms with Crippen molar-refractivity contribution < 1.29 is 9.53 Å². The number of hydrogen-bond donors (Lipinski definition) is 0. The van der Waals surface area contributed by atoms with Gasteiger partial charge >= 0.3 is 0 Å². The van der Waals surface area contributed by atoms with Gasteiger partial charge in [0, 0.05) is 16.9 Å². The minimum atomic E-state index is 0.103. The van der Waals surface area contributed by atoms with Crippen LogP contribution in [-0.4, -0.2) is 18.6 Å². The minimum absolute atomic E-state index is 0.103. The molecule has 0 aliphatic heterocycles. The summed E-state index contributed by atoms with van der Waals surface area (Å²) in [5.41, 5.74) is 1.87. The van der Waals surface area contributed by atoms with Crippen LogP contribution in [0.25, 0.3) is 0 Å². The Kier molecular flexibility index (Phi) is 6.27. The van der Waals surface area contributed by atoms with Crippen molar-refractivity contribution in [3.63, 3.8) is 0 Å². The summed E-state index contributed by atoms with van der Waals surface area (Å²) < 4.78 is 5.33. The van der Waals surface area contributed by atoms with E-state index >= 15 is 0 Å². The molecule has 1 aromatic carbocycles. The molecule has 0 spiro atoms. The fourth-order valence-corrected chi connectivity index (χ4v) is 2.84. The fraction of sp³-hybridized carbons (Fsp3) is 0.533. The van der Waals surface area contributed by atoms with Crippen LogP contribution in [0.5, 0.6) is 5.75 Å². The highest BCUT2D eigenvalue weighted by Crippen LogP contribution is 2.25. The number of benzene rings is 1. The molecule has 0 aliphatic rings. The average Bonchev–Trinajstić information content (AvgIpc) is 2.34. The number of hydrogen-bond acceptors (Lipinski definition) is 3. The Labute approximate surface area is 114 Å². The summed E-state index contributed by atoms with van der Waals surface area (Å²) in [6, 6.07) is 5.65. The van der Waals surface area contributed by atoms with E-state index in [-0.39, 0.29) is 5.78 Å². The third kappa shape index (κ3) is 4.73. The van der Waals surface area contributed by atoms with Crippen LogP contribution >= 0.6 is 11.8 Å². The van der Waals surface area contributed by atoms with Gasteiger partial charge in [-0.25, -0.2) is 0 Å². The van der Waals surface area contributed by atoms with Crippen LogP contribution in [0.3, 0.4) is 0 Å². The zero-order valence-corrected chi connectivity index (χ0v) is 12.5. The second-order valence-electron chi connectivity index (χ2n) is 4.82. The van der Waals surface area contributed by atoms with Crippen molar-refractivity contribution in [2.24, 2.45) is 5.92 Å². The Bertz CT molecular complexity index is 399. The first-order valence-electron chi connectivity index (χ1n) is 6.30. The molecule has 100 valence electrons. The first kappa shape index (κ1) is 15.1. The van der Waals surface area contributed by atoms with E-state index in [1.54, 1.807) is 14.0 Å². The van der Waals surface area contributed by atoms with Gasteiger partial charge in [0.15, 0.2) is 5.78 Å². The summed E-state index contributed by atoms with van der Waals surface area (Å²) in [6.07, 6.45) is 1.22. The van der Waals surface area contributed by atoms with Gasteiger partial charge in [-0.05, 0) is 43.2 Å². The summed E-state index contributed by atoms with van der Waals surface area (Å²) in [5, 5.41) is 0. The molecule has 0 N–H and O–H groups in total. The molecule has 0 radical (unpaired) electrons. The zero-order chi connectivity index (χ0) is 13.5. The van der Waals surface area contributed by atoms with E-state index in [0.29, 0.717) is 0 Å². The Balaban J connectivity index is 2.66. The summed E-state index contributed by atoms with van der Waals surface area (Å²) in [7, 11) is 1.67.